The maximum absolute atomic E-state index is 12.7. The molecule has 14 heteroatoms. The summed E-state index contributed by atoms with van der Waals surface area (Å²) in [5.41, 5.74) is 13.5. The standard InChI is InChI=1S/C26H24F6N4O4/c27-25(28,29)21(35-33)17-7-11-19(12-8-17)23(37)39-15-5-3-1-2-4-6-16-40-24(38)20-13-9-18(10-14-20)22(36-34)26(30,31)32/h7-14H,1-6,15-16H2. The molecule has 0 aliphatic heterocycles. The Bertz CT molecular complexity index is 1160. The van der Waals surface area contributed by atoms with Crippen LogP contribution in [0.1, 0.15) is 70.4 Å². The highest BCUT2D eigenvalue weighted by atomic mass is 19.4. The molecule has 0 amide bonds. The second kappa shape index (κ2) is 14.8. The zero-order valence-corrected chi connectivity index (χ0v) is 21.0. The van der Waals surface area contributed by atoms with Gasteiger partial charge in [0.25, 0.3) is 0 Å². The number of esters is 2. The Balaban J connectivity index is 1.59. The molecule has 214 valence electrons. The number of unbranched alkanes of at least 4 members (excludes halogenated alkanes) is 5. The van der Waals surface area contributed by atoms with E-state index < -0.39 is 46.8 Å². The van der Waals surface area contributed by atoms with Crippen molar-refractivity contribution < 1.29 is 55.0 Å². The fourth-order valence-corrected chi connectivity index (χ4v) is 3.49. The van der Waals surface area contributed by atoms with Gasteiger partial charge in [-0.3, -0.25) is 0 Å². The van der Waals surface area contributed by atoms with Crippen LogP contribution in [-0.4, -0.2) is 58.5 Å². The van der Waals surface area contributed by atoms with E-state index in [1.165, 1.54) is 0 Å². The van der Waals surface area contributed by atoms with E-state index in [9.17, 15) is 35.9 Å². The zero-order valence-electron chi connectivity index (χ0n) is 21.0. The number of nitrogens with zero attached hydrogens (tertiary/aromatic N) is 4. The first-order valence-electron chi connectivity index (χ1n) is 12.0. The van der Waals surface area contributed by atoms with Gasteiger partial charge < -0.3 is 20.5 Å². The summed E-state index contributed by atoms with van der Waals surface area (Å²) in [7, 11) is 0. The van der Waals surface area contributed by atoms with Crippen LogP contribution in [0.3, 0.4) is 0 Å². The molecule has 0 atom stereocenters. The number of carbonyl (C=O) groups excluding carboxylic acids is 2. The lowest BCUT2D eigenvalue weighted by molar-refractivity contribution is -0.111. The summed E-state index contributed by atoms with van der Waals surface area (Å²) < 4.78 is 86.7. The summed E-state index contributed by atoms with van der Waals surface area (Å²) in [6, 6.07) is 8.61. The molecule has 0 aliphatic carbocycles. The first kappa shape index (κ1) is 31.9. The van der Waals surface area contributed by atoms with Crippen molar-refractivity contribution in [3.8, 4) is 0 Å². The van der Waals surface area contributed by atoms with E-state index in [0.717, 1.165) is 74.2 Å². The Kier molecular flexibility index (Phi) is 11.8. The van der Waals surface area contributed by atoms with Crippen LogP contribution in [0, 0.1) is 0 Å². The summed E-state index contributed by atoms with van der Waals surface area (Å²) in [6.07, 6.45) is -5.42. The lowest BCUT2D eigenvalue weighted by atomic mass is 10.1. The molecule has 0 N–H and O–H groups in total. The molecule has 0 fully saturated rings. The van der Waals surface area contributed by atoms with Gasteiger partial charge in [-0.2, -0.15) is 35.9 Å². The predicted octanol–water partition coefficient (Wildman–Crippen LogP) is 6.20. The lowest BCUT2D eigenvalue weighted by Crippen LogP contribution is -2.25. The molecule has 0 unspecified atom stereocenters. The second-order valence-corrected chi connectivity index (χ2v) is 8.44. The van der Waals surface area contributed by atoms with Gasteiger partial charge in [-0.05, 0) is 61.4 Å². The quantitative estimate of drug-likeness (QED) is 0.0710. The molecule has 0 radical (unpaired) electrons. The van der Waals surface area contributed by atoms with Gasteiger partial charge in [0.15, 0.2) is 0 Å². The molecular weight excluding hydrogens is 546 g/mol. The monoisotopic (exact) mass is 570 g/mol. The van der Waals surface area contributed by atoms with Gasteiger partial charge in [0.1, 0.15) is 0 Å². The maximum Gasteiger partial charge on any atom is 0.495 e. The second-order valence-electron chi connectivity index (χ2n) is 8.44. The number of ether oxygens (including phenoxy) is 2. The third-order valence-electron chi connectivity index (χ3n) is 5.53. The molecule has 2 rings (SSSR count). The van der Waals surface area contributed by atoms with Crippen LogP contribution < -0.4 is 0 Å². The molecular formula is C26H24F6N4O4. The number of hydrogen-bond acceptors (Lipinski definition) is 4. The Hall–Kier alpha value is -4.28. The van der Waals surface area contributed by atoms with Crippen molar-refractivity contribution in [2.24, 2.45) is 0 Å². The van der Waals surface area contributed by atoms with Crippen LogP contribution in [0.2, 0.25) is 0 Å². The van der Waals surface area contributed by atoms with Crippen LogP contribution in [-0.2, 0) is 9.47 Å². The third-order valence-corrected chi connectivity index (χ3v) is 5.53. The third kappa shape index (κ3) is 9.79. The number of benzene rings is 2. The molecule has 0 saturated heterocycles. The Morgan fingerprint density at radius 2 is 0.825 bits per heavy atom. The highest BCUT2D eigenvalue weighted by Crippen LogP contribution is 2.22. The molecule has 2 aromatic rings. The molecule has 0 bridgehead atoms. The summed E-state index contributed by atoms with van der Waals surface area (Å²) in [4.78, 5) is 28.6. The van der Waals surface area contributed by atoms with Gasteiger partial charge in [0, 0.05) is 0 Å². The van der Waals surface area contributed by atoms with E-state index >= 15 is 0 Å². The van der Waals surface area contributed by atoms with Crippen molar-refractivity contribution in [3.05, 3.63) is 81.8 Å². The summed E-state index contributed by atoms with van der Waals surface area (Å²) in [5, 5.41) is 0. The van der Waals surface area contributed by atoms with Crippen LogP contribution in [0.15, 0.2) is 48.5 Å². The van der Waals surface area contributed by atoms with Crippen molar-refractivity contribution in [1.29, 1.82) is 0 Å². The molecule has 0 aliphatic rings. The van der Waals surface area contributed by atoms with Crippen LogP contribution in [0.4, 0.5) is 26.3 Å². The largest absolute Gasteiger partial charge is 0.495 e. The van der Waals surface area contributed by atoms with Crippen molar-refractivity contribution in [3.63, 3.8) is 0 Å². The minimum absolute atomic E-state index is 0.0544. The highest BCUT2D eigenvalue weighted by molar-refractivity contribution is 6.02. The number of hydrogen-bond donors (Lipinski definition) is 0. The van der Waals surface area contributed by atoms with Gasteiger partial charge in [0.2, 0.25) is 0 Å². The fourth-order valence-electron chi connectivity index (χ4n) is 3.49. The van der Waals surface area contributed by atoms with Crippen LogP contribution in [0.5, 0.6) is 0 Å². The average molecular weight is 570 g/mol. The lowest BCUT2D eigenvalue weighted by Gasteiger charge is -2.07. The van der Waals surface area contributed by atoms with Gasteiger partial charge >= 0.3 is 35.7 Å². The molecule has 0 spiro atoms. The van der Waals surface area contributed by atoms with Crippen molar-refractivity contribution in [2.45, 2.75) is 50.9 Å². The van der Waals surface area contributed by atoms with Gasteiger partial charge in [0.05, 0.1) is 35.5 Å². The number of carbonyl (C=O) groups is 2. The number of rotatable bonds is 13. The van der Waals surface area contributed by atoms with Gasteiger partial charge in [-0.25, -0.2) is 9.59 Å². The maximum atomic E-state index is 12.7. The minimum atomic E-state index is -4.85. The van der Waals surface area contributed by atoms with E-state index in [2.05, 4.69) is 9.58 Å². The summed E-state index contributed by atoms with van der Waals surface area (Å²) >= 11 is 0. The fraction of sp³-hybridized carbons (Fsp3) is 0.385. The predicted molar refractivity (Wildman–Crippen MR) is 129 cm³/mol. The average Bonchev–Trinajstić information content (AvgIpc) is 2.89. The van der Waals surface area contributed by atoms with E-state index in [1.807, 2.05) is 0 Å². The van der Waals surface area contributed by atoms with E-state index in [-0.39, 0.29) is 24.3 Å². The van der Waals surface area contributed by atoms with Crippen molar-refractivity contribution in [1.82, 2.24) is 0 Å². The van der Waals surface area contributed by atoms with Crippen molar-refractivity contribution >= 4 is 23.4 Å². The minimum Gasteiger partial charge on any atom is -0.462 e. The molecule has 0 saturated carbocycles. The highest BCUT2D eigenvalue weighted by Gasteiger charge is 2.46. The Morgan fingerprint density at radius 3 is 1.10 bits per heavy atom. The molecule has 8 nitrogen and oxygen atoms in total. The molecule has 40 heavy (non-hydrogen) atoms. The first-order chi connectivity index (χ1) is 18.9. The van der Waals surface area contributed by atoms with E-state index in [0.29, 0.717) is 12.8 Å². The molecule has 2 aromatic carbocycles. The SMILES string of the molecule is [N-]=[N+]=C(c1ccc(C(=O)OCCCCCCCCOC(=O)c2ccc(C(=[N+]=[N-])C(F)(F)F)cc2)cc1)C(F)(F)F. The zero-order chi connectivity index (χ0) is 29.8. The Labute approximate surface area is 224 Å². The first-order valence-corrected chi connectivity index (χ1v) is 12.0. The smallest absolute Gasteiger partial charge is 0.462 e. The number of alkyl halides is 6. The molecule has 0 heterocycles. The summed E-state index contributed by atoms with van der Waals surface area (Å²) in [6.45, 7) is 0.245. The normalized spacial score (nSPS) is 11.2. The van der Waals surface area contributed by atoms with Crippen LogP contribution >= 0.6 is 0 Å². The Morgan fingerprint density at radius 1 is 0.550 bits per heavy atom. The van der Waals surface area contributed by atoms with E-state index in [1.54, 1.807) is 0 Å². The van der Waals surface area contributed by atoms with Gasteiger partial charge in [-0.1, -0.05) is 25.7 Å². The number of halogens is 6. The van der Waals surface area contributed by atoms with Crippen LogP contribution in [0.25, 0.3) is 11.1 Å². The molecule has 0 aromatic heterocycles. The van der Waals surface area contributed by atoms with Crippen molar-refractivity contribution in [2.75, 3.05) is 13.2 Å². The topological polar surface area (TPSA) is 125 Å². The summed E-state index contributed by atoms with van der Waals surface area (Å²) in [5.74, 6) is -1.39. The van der Waals surface area contributed by atoms with Gasteiger partial charge in [-0.15, -0.1) is 0 Å². The van der Waals surface area contributed by atoms with E-state index in [4.69, 9.17) is 20.5 Å².